The normalized spacial score (nSPS) is 11.0. The topological polar surface area (TPSA) is 64.0 Å². The molecule has 0 aliphatic heterocycles. The average molecular weight is 356 g/mol. The molecule has 0 radical (unpaired) electrons. The van der Waals surface area contributed by atoms with Gasteiger partial charge in [0.25, 0.3) is 5.56 Å². The Morgan fingerprint density at radius 3 is 2.60 bits per heavy atom. The van der Waals surface area contributed by atoms with E-state index in [4.69, 9.17) is 11.6 Å². The van der Waals surface area contributed by atoms with E-state index in [1.807, 2.05) is 24.3 Å². The fourth-order valence-corrected chi connectivity index (χ4v) is 2.72. The molecule has 2 aromatic carbocycles. The van der Waals surface area contributed by atoms with Crippen LogP contribution in [0.3, 0.4) is 0 Å². The minimum atomic E-state index is -0.283. The molecular weight excluding hydrogens is 338 g/mol. The minimum absolute atomic E-state index is 0.101. The largest absolute Gasteiger partial charge is 0.325 e. The molecule has 3 rings (SSSR count). The Bertz CT molecular complexity index is 978. The van der Waals surface area contributed by atoms with Crippen molar-refractivity contribution >= 4 is 34.1 Å². The first-order valence-corrected chi connectivity index (χ1v) is 8.36. The highest BCUT2D eigenvalue weighted by molar-refractivity contribution is 6.31. The van der Waals surface area contributed by atoms with Gasteiger partial charge in [0.15, 0.2) is 0 Å². The van der Waals surface area contributed by atoms with Crippen molar-refractivity contribution in [2.45, 2.75) is 26.3 Å². The molecule has 0 unspecified atom stereocenters. The van der Waals surface area contributed by atoms with Crippen molar-refractivity contribution in [1.29, 1.82) is 0 Å². The SMILES string of the molecule is CC(C)c1ccc(NC(=O)Cn2cnc3cc(Cl)ccc3c2=O)cc1. The lowest BCUT2D eigenvalue weighted by molar-refractivity contribution is -0.116. The Balaban J connectivity index is 1.76. The van der Waals surface area contributed by atoms with Gasteiger partial charge in [0, 0.05) is 10.7 Å². The number of benzene rings is 2. The highest BCUT2D eigenvalue weighted by Crippen LogP contribution is 2.17. The first kappa shape index (κ1) is 17.2. The molecule has 0 bridgehead atoms. The second kappa shape index (κ2) is 7.07. The number of carbonyl (C=O) groups is 1. The van der Waals surface area contributed by atoms with Gasteiger partial charge >= 0.3 is 0 Å². The summed E-state index contributed by atoms with van der Waals surface area (Å²) in [6, 6.07) is 12.5. The first-order valence-electron chi connectivity index (χ1n) is 7.98. The van der Waals surface area contributed by atoms with E-state index < -0.39 is 0 Å². The third-order valence-corrected chi connectivity index (χ3v) is 4.20. The number of hydrogen-bond donors (Lipinski definition) is 1. The number of nitrogens with zero attached hydrogens (tertiary/aromatic N) is 2. The molecule has 0 atom stereocenters. The molecule has 0 fully saturated rings. The summed E-state index contributed by atoms with van der Waals surface area (Å²) in [5.74, 6) is 0.148. The number of halogens is 1. The zero-order chi connectivity index (χ0) is 18.0. The van der Waals surface area contributed by atoms with Gasteiger partial charge in [-0.1, -0.05) is 37.6 Å². The summed E-state index contributed by atoms with van der Waals surface area (Å²) in [7, 11) is 0. The third kappa shape index (κ3) is 3.88. The summed E-state index contributed by atoms with van der Waals surface area (Å²) >= 11 is 5.90. The van der Waals surface area contributed by atoms with E-state index in [0.717, 1.165) is 0 Å². The lowest BCUT2D eigenvalue weighted by Crippen LogP contribution is -2.27. The van der Waals surface area contributed by atoms with Gasteiger partial charge in [0.05, 0.1) is 17.2 Å². The summed E-state index contributed by atoms with van der Waals surface area (Å²) in [5, 5.41) is 3.74. The molecule has 0 saturated heterocycles. The molecule has 5 nitrogen and oxygen atoms in total. The maximum atomic E-state index is 12.4. The van der Waals surface area contributed by atoms with Crippen molar-refractivity contribution in [3.63, 3.8) is 0 Å². The van der Waals surface area contributed by atoms with Crippen LogP contribution >= 0.6 is 11.6 Å². The molecule has 1 amide bonds. The van der Waals surface area contributed by atoms with Gasteiger partial charge in [-0.05, 0) is 41.8 Å². The van der Waals surface area contributed by atoms with Crippen LogP contribution in [0.5, 0.6) is 0 Å². The van der Waals surface area contributed by atoms with Gasteiger partial charge < -0.3 is 5.32 Å². The van der Waals surface area contributed by atoms with Crippen molar-refractivity contribution in [2.24, 2.45) is 0 Å². The monoisotopic (exact) mass is 355 g/mol. The molecule has 0 aliphatic rings. The van der Waals surface area contributed by atoms with Crippen LogP contribution in [0.1, 0.15) is 25.3 Å². The zero-order valence-electron chi connectivity index (χ0n) is 14.0. The van der Waals surface area contributed by atoms with Crippen LogP contribution in [0.25, 0.3) is 10.9 Å². The van der Waals surface area contributed by atoms with Gasteiger partial charge in [-0.25, -0.2) is 4.98 Å². The molecule has 1 N–H and O–H groups in total. The van der Waals surface area contributed by atoms with Crippen molar-refractivity contribution in [3.8, 4) is 0 Å². The van der Waals surface area contributed by atoms with Crippen LogP contribution in [0.15, 0.2) is 53.6 Å². The molecule has 25 heavy (non-hydrogen) atoms. The Morgan fingerprint density at radius 2 is 1.92 bits per heavy atom. The lowest BCUT2D eigenvalue weighted by Gasteiger charge is -2.10. The number of rotatable bonds is 4. The van der Waals surface area contributed by atoms with E-state index in [9.17, 15) is 9.59 Å². The van der Waals surface area contributed by atoms with Gasteiger partial charge in [-0.15, -0.1) is 0 Å². The Morgan fingerprint density at radius 1 is 1.20 bits per heavy atom. The number of anilines is 1. The van der Waals surface area contributed by atoms with E-state index in [2.05, 4.69) is 24.1 Å². The highest BCUT2D eigenvalue weighted by Gasteiger charge is 2.09. The third-order valence-electron chi connectivity index (χ3n) is 3.96. The number of aromatic nitrogens is 2. The number of carbonyl (C=O) groups excluding carboxylic acids is 1. The average Bonchev–Trinajstić information content (AvgIpc) is 2.58. The predicted octanol–water partition coefficient (Wildman–Crippen LogP) is 3.81. The Kier molecular flexibility index (Phi) is 4.86. The van der Waals surface area contributed by atoms with Crippen LogP contribution in [-0.4, -0.2) is 15.5 Å². The summed E-state index contributed by atoms with van der Waals surface area (Å²) in [5.41, 5.74) is 2.14. The quantitative estimate of drug-likeness (QED) is 0.774. The first-order chi connectivity index (χ1) is 11.9. The van der Waals surface area contributed by atoms with E-state index >= 15 is 0 Å². The number of amides is 1. The van der Waals surface area contributed by atoms with Gasteiger partial charge in [0.2, 0.25) is 5.91 Å². The second-order valence-corrected chi connectivity index (χ2v) is 6.60. The van der Waals surface area contributed by atoms with E-state index in [1.54, 1.807) is 18.2 Å². The maximum absolute atomic E-state index is 12.4. The summed E-state index contributed by atoms with van der Waals surface area (Å²) < 4.78 is 1.29. The summed E-state index contributed by atoms with van der Waals surface area (Å²) in [6.45, 7) is 4.12. The van der Waals surface area contributed by atoms with E-state index in [-0.39, 0.29) is 18.0 Å². The zero-order valence-corrected chi connectivity index (χ0v) is 14.7. The Labute approximate surface area is 150 Å². The highest BCUT2D eigenvalue weighted by atomic mass is 35.5. The fourth-order valence-electron chi connectivity index (χ4n) is 2.55. The van der Waals surface area contributed by atoms with Crippen molar-refractivity contribution in [1.82, 2.24) is 9.55 Å². The van der Waals surface area contributed by atoms with Crippen LogP contribution < -0.4 is 10.9 Å². The number of nitrogens with one attached hydrogen (secondary N) is 1. The molecule has 6 heteroatoms. The lowest BCUT2D eigenvalue weighted by atomic mass is 10.0. The van der Waals surface area contributed by atoms with Gasteiger partial charge in [0.1, 0.15) is 6.54 Å². The van der Waals surface area contributed by atoms with Crippen LogP contribution in [0, 0.1) is 0 Å². The maximum Gasteiger partial charge on any atom is 0.261 e. The molecular formula is C19H18ClN3O2. The number of hydrogen-bond acceptors (Lipinski definition) is 3. The Hall–Kier alpha value is -2.66. The molecule has 3 aromatic rings. The molecule has 0 saturated carbocycles. The predicted molar refractivity (Wildman–Crippen MR) is 100 cm³/mol. The number of fused-ring (bicyclic) bond motifs is 1. The molecule has 1 aromatic heterocycles. The summed E-state index contributed by atoms with van der Waals surface area (Å²) in [6.07, 6.45) is 1.36. The second-order valence-electron chi connectivity index (χ2n) is 6.16. The van der Waals surface area contributed by atoms with E-state index in [1.165, 1.54) is 16.5 Å². The smallest absolute Gasteiger partial charge is 0.261 e. The van der Waals surface area contributed by atoms with Crippen LogP contribution in [-0.2, 0) is 11.3 Å². The fraction of sp³-hybridized carbons (Fsp3) is 0.211. The van der Waals surface area contributed by atoms with Crippen LogP contribution in [0.4, 0.5) is 5.69 Å². The van der Waals surface area contributed by atoms with Gasteiger partial charge in [-0.3, -0.25) is 14.2 Å². The van der Waals surface area contributed by atoms with Crippen LogP contribution in [0.2, 0.25) is 5.02 Å². The molecule has 128 valence electrons. The molecule has 1 heterocycles. The molecule has 0 aliphatic carbocycles. The minimum Gasteiger partial charge on any atom is -0.325 e. The molecule has 0 spiro atoms. The van der Waals surface area contributed by atoms with Crippen molar-refractivity contribution < 1.29 is 4.79 Å². The van der Waals surface area contributed by atoms with Crippen molar-refractivity contribution in [2.75, 3.05) is 5.32 Å². The van der Waals surface area contributed by atoms with E-state index in [0.29, 0.717) is 27.5 Å². The van der Waals surface area contributed by atoms with Crippen molar-refractivity contribution in [3.05, 3.63) is 69.7 Å². The summed E-state index contributed by atoms with van der Waals surface area (Å²) in [4.78, 5) is 28.9. The van der Waals surface area contributed by atoms with Gasteiger partial charge in [-0.2, -0.15) is 0 Å². The standard InChI is InChI=1S/C19H18ClN3O2/c1-12(2)13-3-6-15(7-4-13)22-18(24)10-23-11-21-17-9-14(20)5-8-16(17)19(23)25/h3-9,11-12H,10H2,1-2H3,(H,22,24).